The van der Waals surface area contributed by atoms with Crippen LogP contribution in [0.5, 0.6) is 0 Å². The molecule has 0 aromatic carbocycles. The first kappa shape index (κ1) is 8.60. The molecule has 2 atom stereocenters. The van der Waals surface area contributed by atoms with Crippen LogP contribution in [0.15, 0.2) is 12.3 Å². The highest BCUT2D eigenvalue weighted by Crippen LogP contribution is 2.09. The topological polar surface area (TPSA) is 12.5 Å². The molecule has 1 aliphatic rings. The third-order valence-corrected chi connectivity index (χ3v) is 2.41. The van der Waals surface area contributed by atoms with Crippen LogP contribution in [0.1, 0.15) is 20.3 Å². The molecule has 0 radical (unpaired) electrons. The Kier molecular flexibility index (Phi) is 2.94. The molecule has 1 heterocycles. The summed E-state index contributed by atoms with van der Waals surface area (Å²) < 4.78 is 5.44. The van der Waals surface area contributed by atoms with Crippen molar-refractivity contribution in [1.82, 2.24) is 4.90 Å². The van der Waals surface area contributed by atoms with E-state index < -0.39 is 0 Å². The van der Waals surface area contributed by atoms with E-state index in [4.69, 9.17) is 4.74 Å². The molecule has 0 N–H and O–H groups in total. The standard InChI is InChI=1S/C9H17NO/c1-8-9(2)11-7-5-4-6-10(8)3/h5,7-9H,4,6H2,1-3H3/b7-5-. The van der Waals surface area contributed by atoms with E-state index >= 15 is 0 Å². The number of hydrogen-bond donors (Lipinski definition) is 0. The summed E-state index contributed by atoms with van der Waals surface area (Å²) in [5, 5.41) is 0. The van der Waals surface area contributed by atoms with Crippen molar-refractivity contribution >= 4 is 0 Å². The molecule has 2 unspecified atom stereocenters. The summed E-state index contributed by atoms with van der Waals surface area (Å²) in [7, 11) is 2.14. The van der Waals surface area contributed by atoms with Crippen LogP contribution < -0.4 is 0 Å². The molecule has 11 heavy (non-hydrogen) atoms. The molecule has 0 saturated carbocycles. The van der Waals surface area contributed by atoms with Gasteiger partial charge in [-0.1, -0.05) is 0 Å². The number of hydrogen-bond acceptors (Lipinski definition) is 2. The number of ether oxygens (including phenoxy) is 1. The summed E-state index contributed by atoms with van der Waals surface area (Å²) >= 11 is 0. The molecule has 0 fully saturated rings. The highest BCUT2D eigenvalue weighted by Gasteiger charge is 2.17. The van der Waals surface area contributed by atoms with Crippen LogP contribution in [-0.4, -0.2) is 30.6 Å². The second-order valence-corrected chi connectivity index (χ2v) is 3.22. The molecule has 0 aliphatic carbocycles. The largest absolute Gasteiger partial charge is 0.497 e. The Morgan fingerprint density at radius 1 is 1.45 bits per heavy atom. The summed E-state index contributed by atoms with van der Waals surface area (Å²) in [5.41, 5.74) is 0. The van der Waals surface area contributed by atoms with Crippen molar-refractivity contribution in [2.24, 2.45) is 0 Å². The van der Waals surface area contributed by atoms with Crippen molar-refractivity contribution in [3.8, 4) is 0 Å². The van der Waals surface area contributed by atoms with Crippen LogP contribution >= 0.6 is 0 Å². The molecule has 0 aromatic rings. The maximum absolute atomic E-state index is 5.44. The van der Waals surface area contributed by atoms with Gasteiger partial charge in [0.15, 0.2) is 0 Å². The van der Waals surface area contributed by atoms with E-state index in [1.165, 1.54) is 0 Å². The second-order valence-electron chi connectivity index (χ2n) is 3.22. The van der Waals surface area contributed by atoms with Gasteiger partial charge < -0.3 is 4.74 Å². The van der Waals surface area contributed by atoms with Crippen molar-refractivity contribution in [3.05, 3.63) is 12.3 Å². The molecular formula is C9H17NO. The Morgan fingerprint density at radius 3 is 2.91 bits per heavy atom. The Bertz CT molecular complexity index is 144. The quantitative estimate of drug-likeness (QED) is 0.527. The summed E-state index contributed by atoms with van der Waals surface area (Å²) in [4.78, 5) is 2.33. The van der Waals surface area contributed by atoms with E-state index in [-0.39, 0.29) is 0 Å². The smallest absolute Gasteiger partial charge is 0.110 e. The summed E-state index contributed by atoms with van der Waals surface area (Å²) in [6.07, 6.45) is 5.30. The first-order chi connectivity index (χ1) is 5.22. The molecule has 0 amide bonds. The van der Waals surface area contributed by atoms with Gasteiger partial charge in [0.05, 0.1) is 6.26 Å². The van der Waals surface area contributed by atoms with E-state index in [0.29, 0.717) is 12.1 Å². The van der Waals surface area contributed by atoms with Gasteiger partial charge >= 0.3 is 0 Å². The van der Waals surface area contributed by atoms with Gasteiger partial charge in [-0.25, -0.2) is 0 Å². The van der Waals surface area contributed by atoms with Gasteiger partial charge in [0.1, 0.15) is 6.10 Å². The van der Waals surface area contributed by atoms with Gasteiger partial charge in [0, 0.05) is 12.6 Å². The molecule has 0 spiro atoms. The first-order valence-corrected chi connectivity index (χ1v) is 4.22. The summed E-state index contributed by atoms with van der Waals surface area (Å²) in [6, 6.07) is 0.514. The lowest BCUT2D eigenvalue weighted by Crippen LogP contribution is -2.39. The van der Waals surface area contributed by atoms with Crippen LogP contribution in [0.25, 0.3) is 0 Å². The molecule has 1 rings (SSSR count). The molecule has 1 aliphatic heterocycles. The molecule has 0 saturated heterocycles. The lowest BCUT2D eigenvalue weighted by Gasteiger charge is -2.30. The van der Waals surface area contributed by atoms with Crippen molar-refractivity contribution < 1.29 is 4.74 Å². The lowest BCUT2D eigenvalue weighted by molar-refractivity contribution is 0.0650. The van der Waals surface area contributed by atoms with Crippen LogP contribution in [0.3, 0.4) is 0 Å². The Morgan fingerprint density at radius 2 is 2.18 bits per heavy atom. The minimum atomic E-state index is 0.302. The minimum Gasteiger partial charge on any atom is -0.497 e. The molecular weight excluding hydrogens is 138 g/mol. The lowest BCUT2D eigenvalue weighted by atomic mass is 10.1. The average Bonchev–Trinajstić information content (AvgIpc) is 2.00. The normalized spacial score (nSPS) is 37.0. The fraction of sp³-hybridized carbons (Fsp3) is 0.778. The zero-order chi connectivity index (χ0) is 8.27. The highest BCUT2D eigenvalue weighted by atomic mass is 16.5. The predicted molar refractivity (Wildman–Crippen MR) is 46.4 cm³/mol. The fourth-order valence-electron chi connectivity index (χ4n) is 1.20. The van der Waals surface area contributed by atoms with Crippen molar-refractivity contribution in [2.45, 2.75) is 32.4 Å². The monoisotopic (exact) mass is 155 g/mol. The molecule has 64 valence electrons. The number of rotatable bonds is 0. The van der Waals surface area contributed by atoms with Gasteiger partial charge in [-0.05, 0) is 33.4 Å². The van der Waals surface area contributed by atoms with E-state index in [2.05, 4.69) is 31.9 Å². The van der Waals surface area contributed by atoms with Crippen molar-refractivity contribution in [2.75, 3.05) is 13.6 Å². The van der Waals surface area contributed by atoms with Crippen LogP contribution in [0, 0.1) is 0 Å². The first-order valence-electron chi connectivity index (χ1n) is 4.22. The zero-order valence-corrected chi connectivity index (χ0v) is 7.58. The minimum absolute atomic E-state index is 0.302. The third-order valence-electron chi connectivity index (χ3n) is 2.41. The van der Waals surface area contributed by atoms with Crippen molar-refractivity contribution in [1.29, 1.82) is 0 Å². The zero-order valence-electron chi connectivity index (χ0n) is 7.58. The number of nitrogens with zero attached hydrogens (tertiary/aromatic N) is 1. The van der Waals surface area contributed by atoms with Crippen LogP contribution in [0.4, 0.5) is 0 Å². The van der Waals surface area contributed by atoms with Gasteiger partial charge in [0.25, 0.3) is 0 Å². The van der Waals surface area contributed by atoms with E-state index in [0.717, 1.165) is 13.0 Å². The van der Waals surface area contributed by atoms with Gasteiger partial charge in [-0.2, -0.15) is 0 Å². The average molecular weight is 155 g/mol. The Labute approximate surface area is 68.8 Å². The SMILES string of the molecule is CC1O/C=C\CCN(C)C1C. The summed E-state index contributed by atoms with van der Waals surface area (Å²) in [6.45, 7) is 5.44. The molecule has 0 aromatic heterocycles. The van der Waals surface area contributed by atoms with Gasteiger partial charge in [-0.15, -0.1) is 0 Å². The maximum Gasteiger partial charge on any atom is 0.110 e. The maximum atomic E-state index is 5.44. The molecule has 2 heteroatoms. The van der Waals surface area contributed by atoms with Crippen LogP contribution in [0.2, 0.25) is 0 Å². The summed E-state index contributed by atoms with van der Waals surface area (Å²) in [5.74, 6) is 0. The Balaban J connectivity index is 2.54. The van der Waals surface area contributed by atoms with E-state index in [1.807, 2.05) is 6.26 Å². The predicted octanol–water partition coefficient (Wildman–Crippen LogP) is 1.63. The van der Waals surface area contributed by atoms with E-state index in [9.17, 15) is 0 Å². The highest BCUT2D eigenvalue weighted by molar-refractivity contribution is 4.82. The molecule has 0 bridgehead atoms. The van der Waals surface area contributed by atoms with Crippen molar-refractivity contribution in [3.63, 3.8) is 0 Å². The number of likely N-dealkylation sites (N-methyl/N-ethyl adjacent to an activating group) is 1. The second kappa shape index (κ2) is 3.77. The van der Waals surface area contributed by atoms with E-state index in [1.54, 1.807) is 0 Å². The Hall–Kier alpha value is -0.500. The van der Waals surface area contributed by atoms with Crippen LogP contribution in [-0.2, 0) is 4.74 Å². The van der Waals surface area contributed by atoms with Gasteiger partial charge in [-0.3, -0.25) is 4.90 Å². The van der Waals surface area contributed by atoms with Gasteiger partial charge in [0.2, 0.25) is 0 Å². The fourth-order valence-corrected chi connectivity index (χ4v) is 1.20. The third kappa shape index (κ3) is 2.22. The molecule has 2 nitrogen and oxygen atoms in total.